The number of hydrogen-bond acceptors (Lipinski definition) is 3. The molecular weight excluding hydrogens is 168 g/mol. The van der Waals surface area contributed by atoms with Crippen LogP contribution in [-0.4, -0.2) is 30.2 Å². The first-order chi connectivity index (χ1) is 6.10. The summed E-state index contributed by atoms with van der Waals surface area (Å²) in [6.07, 6.45) is 1.13. The molecule has 0 bridgehead atoms. The number of rotatable bonds is 6. The number of amides is 1. The van der Waals surface area contributed by atoms with E-state index in [0.717, 1.165) is 6.42 Å². The SMILES string of the molecule is CC(C)CC(CO)NC(=O)CCN. The highest BCUT2D eigenvalue weighted by molar-refractivity contribution is 5.76. The van der Waals surface area contributed by atoms with Crippen molar-refractivity contribution in [3.8, 4) is 0 Å². The molecule has 4 N–H and O–H groups in total. The van der Waals surface area contributed by atoms with Gasteiger partial charge in [-0.3, -0.25) is 4.79 Å². The van der Waals surface area contributed by atoms with Gasteiger partial charge >= 0.3 is 0 Å². The van der Waals surface area contributed by atoms with Gasteiger partial charge in [0.1, 0.15) is 0 Å². The van der Waals surface area contributed by atoms with Crippen molar-refractivity contribution in [3.05, 3.63) is 0 Å². The van der Waals surface area contributed by atoms with Gasteiger partial charge in [-0.15, -0.1) is 0 Å². The van der Waals surface area contributed by atoms with Gasteiger partial charge in [0.05, 0.1) is 12.6 Å². The number of hydrogen-bond donors (Lipinski definition) is 3. The Morgan fingerprint density at radius 1 is 1.54 bits per heavy atom. The lowest BCUT2D eigenvalue weighted by Gasteiger charge is -2.17. The molecule has 0 saturated heterocycles. The van der Waals surface area contributed by atoms with Crippen LogP contribution in [0.2, 0.25) is 0 Å². The molecule has 0 fully saturated rings. The second-order valence-corrected chi connectivity index (χ2v) is 3.62. The summed E-state index contributed by atoms with van der Waals surface area (Å²) in [5.74, 6) is 0.387. The lowest BCUT2D eigenvalue weighted by molar-refractivity contribution is -0.122. The molecule has 0 aliphatic heterocycles. The van der Waals surface area contributed by atoms with Crippen LogP contribution in [0, 0.1) is 5.92 Å². The number of carbonyl (C=O) groups excluding carboxylic acids is 1. The molecular formula is C9H20N2O2. The first-order valence-corrected chi connectivity index (χ1v) is 4.70. The first kappa shape index (κ1) is 12.4. The third-order valence-electron chi connectivity index (χ3n) is 1.71. The Morgan fingerprint density at radius 2 is 2.15 bits per heavy atom. The van der Waals surface area contributed by atoms with Gasteiger partial charge in [0.2, 0.25) is 5.91 Å². The van der Waals surface area contributed by atoms with Crippen molar-refractivity contribution in [1.82, 2.24) is 5.32 Å². The van der Waals surface area contributed by atoms with Crippen molar-refractivity contribution < 1.29 is 9.90 Å². The number of nitrogens with one attached hydrogen (secondary N) is 1. The normalized spacial score (nSPS) is 13.0. The fourth-order valence-corrected chi connectivity index (χ4v) is 1.18. The molecule has 0 aromatic heterocycles. The van der Waals surface area contributed by atoms with E-state index in [4.69, 9.17) is 10.8 Å². The molecule has 0 aliphatic carbocycles. The second-order valence-electron chi connectivity index (χ2n) is 3.62. The minimum Gasteiger partial charge on any atom is -0.394 e. The zero-order chi connectivity index (χ0) is 10.3. The second kappa shape index (κ2) is 6.86. The van der Waals surface area contributed by atoms with Crippen molar-refractivity contribution in [2.45, 2.75) is 32.7 Å². The Bertz CT molecular complexity index is 149. The maximum atomic E-state index is 11.1. The lowest BCUT2D eigenvalue weighted by atomic mass is 10.0. The summed E-state index contributed by atoms with van der Waals surface area (Å²) in [4.78, 5) is 11.1. The third-order valence-corrected chi connectivity index (χ3v) is 1.71. The molecule has 1 amide bonds. The monoisotopic (exact) mass is 188 g/mol. The molecule has 0 rings (SSSR count). The fraction of sp³-hybridized carbons (Fsp3) is 0.889. The van der Waals surface area contributed by atoms with Crippen LogP contribution in [0.5, 0.6) is 0 Å². The van der Waals surface area contributed by atoms with E-state index in [1.54, 1.807) is 0 Å². The molecule has 0 aromatic rings. The van der Waals surface area contributed by atoms with E-state index in [0.29, 0.717) is 18.9 Å². The van der Waals surface area contributed by atoms with Gasteiger partial charge in [0, 0.05) is 13.0 Å². The van der Waals surface area contributed by atoms with Crippen molar-refractivity contribution in [3.63, 3.8) is 0 Å². The summed E-state index contributed by atoms with van der Waals surface area (Å²) in [6, 6.07) is -0.126. The maximum Gasteiger partial charge on any atom is 0.221 e. The number of aliphatic hydroxyl groups excluding tert-OH is 1. The smallest absolute Gasteiger partial charge is 0.221 e. The van der Waals surface area contributed by atoms with E-state index in [2.05, 4.69) is 19.2 Å². The van der Waals surface area contributed by atoms with Crippen molar-refractivity contribution in [1.29, 1.82) is 0 Å². The van der Waals surface area contributed by atoms with E-state index in [9.17, 15) is 4.79 Å². The van der Waals surface area contributed by atoms with E-state index in [-0.39, 0.29) is 18.6 Å². The summed E-state index contributed by atoms with van der Waals surface area (Å²) in [5.41, 5.74) is 5.22. The molecule has 0 aliphatic rings. The predicted octanol–water partition coefficient (Wildman–Crippen LogP) is -0.142. The molecule has 0 heterocycles. The highest BCUT2D eigenvalue weighted by Crippen LogP contribution is 2.03. The topological polar surface area (TPSA) is 75.3 Å². The molecule has 0 saturated carbocycles. The molecule has 4 nitrogen and oxygen atoms in total. The summed E-state index contributed by atoms with van der Waals surface area (Å²) in [5, 5.41) is 11.7. The van der Waals surface area contributed by atoms with Crippen LogP contribution in [0.15, 0.2) is 0 Å². The summed E-state index contributed by atoms with van der Waals surface area (Å²) in [6.45, 7) is 4.45. The molecule has 78 valence electrons. The molecule has 1 atom stereocenters. The van der Waals surface area contributed by atoms with Crippen molar-refractivity contribution in [2.24, 2.45) is 11.7 Å². The van der Waals surface area contributed by atoms with Crippen LogP contribution in [0.1, 0.15) is 26.7 Å². The first-order valence-electron chi connectivity index (χ1n) is 4.70. The summed E-state index contributed by atoms with van der Waals surface area (Å²) < 4.78 is 0. The van der Waals surface area contributed by atoms with Crippen LogP contribution >= 0.6 is 0 Å². The number of nitrogens with two attached hydrogens (primary N) is 1. The Hall–Kier alpha value is -0.610. The van der Waals surface area contributed by atoms with Crippen LogP contribution in [-0.2, 0) is 4.79 Å². The van der Waals surface area contributed by atoms with E-state index in [1.807, 2.05) is 0 Å². The van der Waals surface area contributed by atoms with Gasteiger partial charge in [-0.1, -0.05) is 13.8 Å². The molecule has 0 spiro atoms. The number of aliphatic hydroxyl groups is 1. The molecule has 0 aromatic carbocycles. The standard InChI is InChI=1S/C9H20N2O2/c1-7(2)5-8(6-12)11-9(13)3-4-10/h7-8,12H,3-6,10H2,1-2H3,(H,11,13). The van der Waals surface area contributed by atoms with Crippen LogP contribution in [0.3, 0.4) is 0 Å². The predicted molar refractivity (Wildman–Crippen MR) is 52.1 cm³/mol. The Kier molecular flexibility index (Phi) is 6.54. The largest absolute Gasteiger partial charge is 0.394 e. The van der Waals surface area contributed by atoms with E-state index >= 15 is 0 Å². The quantitative estimate of drug-likeness (QED) is 0.543. The highest BCUT2D eigenvalue weighted by Gasteiger charge is 2.11. The highest BCUT2D eigenvalue weighted by atomic mass is 16.3. The van der Waals surface area contributed by atoms with Crippen molar-refractivity contribution in [2.75, 3.05) is 13.2 Å². The molecule has 13 heavy (non-hydrogen) atoms. The fourth-order valence-electron chi connectivity index (χ4n) is 1.18. The van der Waals surface area contributed by atoms with Gasteiger partial charge in [0.25, 0.3) is 0 Å². The number of carbonyl (C=O) groups is 1. The molecule has 0 radical (unpaired) electrons. The van der Waals surface area contributed by atoms with Gasteiger partial charge in [0.15, 0.2) is 0 Å². The van der Waals surface area contributed by atoms with Crippen LogP contribution in [0.25, 0.3) is 0 Å². The van der Waals surface area contributed by atoms with Gasteiger partial charge in [-0.05, 0) is 12.3 Å². The third kappa shape index (κ3) is 6.54. The molecule has 4 heteroatoms. The summed E-state index contributed by atoms with van der Waals surface area (Å²) in [7, 11) is 0. The zero-order valence-corrected chi connectivity index (χ0v) is 8.42. The van der Waals surface area contributed by atoms with Crippen LogP contribution in [0.4, 0.5) is 0 Å². The Morgan fingerprint density at radius 3 is 2.54 bits per heavy atom. The summed E-state index contributed by atoms with van der Waals surface area (Å²) >= 11 is 0. The maximum absolute atomic E-state index is 11.1. The zero-order valence-electron chi connectivity index (χ0n) is 8.42. The Balaban J connectivity index is 3.76. The minimum absolute atomic E-state index is 0.00546. The van der Waals surface area contributed by atoms with Crippen molar-refractivity contribution >= 4 is 5.91 Å². The molecule has 1 unspecified atom stereocenters. The van der Waals surface area contributed by atoms with Crippen LogP contribution < -0.4 is 11.1 Å². The Labute approximate surface area is 79.5 Å². The van der Waals surface area contributed by atoms with E-state index < -0.39 is 0 Å². The average Bonchev–Trinajstić information content (AvgIpc) is 2.02. The minimum atomic E-state index is -0.126. The average molecular weight is 188 g/mol. The van der Waals surface area contributed by atoms with Gasteiger partial charge in [-0.2, -0.15) is 0 Å². The van der Waals surface area contributed by atoms with E-state index in [1.165, 1.54) is 0 Å². The van der Waals surface area contributed by atoms with Gasteiger partial charge in [-0.25, -0.2) is 0 Å². The van der Waals surface area contributed by atoms with Gasteiger partial charge < -0.3 is 16.2 Å². The lowest BCUT2D eigenvalue weighted by Crippen LogP contribution is -2.39.